The second kappa shape index (κ2) is 9.77. The second-order valence-corrected chi connectivity index (χ2v) is 9.87. The number of nitrogens with zero attached hydrogens (tertiary/aromatic N) is 4. The molecule has 2 aliphatic carbocycles. The van der Waals surface area contributed by atoms with E-state index in [-0.39, 0.29) is 35.8 Å². The lowest BCUT2D eigenvalue weighted by Crippen LogP contribution is -2.29. The molecule has 0 saturated heterocycles. The minimum Gasteiger partial charge on any atom is -0.393 e. The van der Waals surface area contributed by atoms with Crippen LogP contribution in [-0.2, 0) is 4.79 Å². The van der Waals surface area contributed by atoms with Crippen LogP contribution in [0, 0.1) is 18.7 Å². The van der Waals surface area contributed by atoms with Crippen molar-refractivity contribution in [3.05, 3.63) is 35.8 Å². The van der Waals surface area contributed by atoms with Gasteiger partial charge in [0.15, 0.2) is 5.65 Å². The first-order valence-electron chi connectivity index (χ1n) is 12.4. The summed E-state index contributed by atoms with van der Waals surface area (Å²) >= 11 is 0. The molecule has 2 aromatic heterocycles. The summed E-state index contributed by atoms with van der Waals surface area (Å²) in [6.45, 7) is 1.84. The van der Waals surface area contributed by atoms with Gasteiger partial charge in [0, 0.05) is 18.0 Å². The average Bonchev–Trinajstić information content (AvgIpc) is 3.19. The highest BCUT2D eigenvalue weighted by atomic mass is 19.1. The summed E-state index contributed by atoms with van der Waals surface area (Å²) in [6, 6.07) is 5.28. The number of hydrogen-bond donors (Lipinski definition) is 4. The number of aryl methyl sites for hydroxylation is 1. The lowest BCUT2D eigenvalue weighted by molar-refractivity contribution is -0.122. The van der Waals surface area contributed by atoms with Crippen molar-refractivity contribution >= 4 is 34.7 Å². The maximum absolute atomic E-state index is 14.7. The Labute approximate surface area is 203 Å². The standard InChI is InChI=1S/C25H32FN7O2/c1-14-2-11-20(19(26)12-14)30-25-31-21-13-28-24(29-16-5-9-18(34)10-6-16)32-23(21)33(25)17-7-3-15(4-8-17)22(27)35/h2,11-13,15-18,34H,3-10H2,1H3,(H2,27,35)(H,30,31)(H,28,29,32). The number of benzene rings is 1. The first kappa shape index (κ1) is 23.5. The van der Waals surface area contributed by atoms with E-state index in [1.54, 1.807) is 12.3 Å². The predicted octanol–water partition coefficient (Wildman–Crippen LogP) is 3.95. The van der Waals surface area contributed by atoms with Crippen LogP contribution in [0.2, 0.25) is 0 Å². The molecule has 2 aliphatic rings. The van der Waals surface area contributed by atoms with Crippen LogP contribution in [0.3, 0.4) is 0 Å². The molecule has 0 unspecified atom stereocenters. The van der Waals surface area contributed by atoms with Gasteiger partial charge in [0.25, 0.3) is 0 Å². The number of carbonyl (C=O) groups is 1. The Balaban J connectivity index is 1.48. The lowest BCUT2D eigenvalue weighted by atomic mass is 9.85. The summed E-state index contributed by atoms with van der Waals surface area (Å²) in [6.07, 6.45) is 7.58. The van der Waals surface area contributed by atoms with Crippen molar-refractivity contribution in [2.24, 2.45) is 11.7 Å². The fourth-order valence-electron chi connectivity index (χ4n) is 5.26. The SMILES string of the molecule is Cc1ccc(Nc2nc3cnc(NC4CCC(O)CC4)nc3n2C2CCC(C(N)=O)CC2)c(F)c1. The highest BCUT2D eigenvalue weighted by Crippen LogP contribution is 2.37. The van der Waals surface area contributed by atoms with Gasteiger partial charge in [-0.3, -0.25) is 9.36 Å². The van der Waals surface area contributed by atoms with Crippen molar-refractivity contribution in [3.8, 4) is 0 Å². The van der Waals surface area contributed by atoms with Crippen LogP contribution in [0.1, 0.15) is 63.0 Å². The smallest absolute Gasteiger partial charge is 0.224 e. The number of carbonyl (C=O) groups excluding carboxylic acids is 1. The third-order valence-corrected chi connectivity index (χ3v) is 7.30. The van der Waals surface area contributed by atoms with E-state index in [2.05, 4.69) is 15.6 Å². The summed E-state index contributed by atoms with van der Waals surface area (Å²) in [5.41, 5.74) is 7.99. The number of fused-ring (bicyclic) bond motifs is 1. The summed E-state index contributed by atoms with van der Waals surface area (Å²) < 4.78 is 16.7. The molecule has 186 valence electrons. The zero-order valence-electron chi connectivity index (χ0n) is 19.9. The van der Waals surface area contributed by atoms with Crippen molar-refractivity contribution < 1.29 is 14.3 Å². The van der Waals surface area contributed by atoms with Gasteiger partial charge in [-0.15, -0.1) is 0 Å². The van der Waals surface area contributed by atoms with Crippen molar-refractivity contribution in [2.45, 2.75) is 76.5 Å². The third-order valence-electron chi connectivity index (χ3n) is 7.30. The van der Waals surface area contributed by atoms with Crippen LogP contribution in [-0.4, -0.2) is 42.7 Å². The molecular weight excluding hydrogens is 449 g/mol. The maximum atomic E-state index is 14.7. The Morgan fingerprint density at radius 3 is 2.54 bits per heavy atom. The minimum absolute atomic E-state index is 0.0409. The molecule has 2 fully saturated rings. The Hall–Kier alpha value is -3.27. The van der Waals surface area contributed by atoms with Crippen LogP contribution in [0.4, 0.5) is 22.0 Å². The number of rotatable bonds is 6. The summed E-state index contributed by atoms with van der Waals surface area (Å²) in [4.78, 5) is 25.7. The van der Waals surface area contributed by atoms with Gasteiger partial charge < -0.3 is 21.5 Å². The summed E-state index contributed by atoms with van der Waals surface area (Å²) in [5, 5.41) is 16.4. The molecule has 1 amide bonds. The molecule has 5 rings (SSSR count). The highest BCUT2D eigenvalue weighted by molar-refractivity contribution is 5.78. The lowest BCUT2D eigenvalue weighted by Gasteiger charge is -2.29. The number of aliphatic hydroxyl groups is 1. The monoisotopic (exact) mass is 481 g/mol. The molecule has 0 radical (unpaired) electrons. The molecule has 2 heterocycles. The van der Waals surface area contributed by atoms with E-state index < -0.39 is 0 Å². The topological polar surface area (TPSA) is 131 Å². The first-order valence-corrected chi connectivity index (χ1v) is 12.4. The van der Waals surface area contributed by atoms with Crippen LogP contribution in [0.15, 0.2) is 24.4 Å². The van der Waals surface area contributed by atoms with E-state index >= 15 is 0 Å². The van der Waals surface area contributed by atoms with Gasteiger partial charge in [-0.05, 0) is 76.0 Å². The number of hydrogen-bond acceptors (Lipinski definition) is 7. The van der Waals surface area contributed by atoms with Crippen LogP contribution >= 0.6 is 0 Å². The minimum atomic E-state index is -0.353. The molecule has 3 aromatic rings. The van der Waals surface area contributed by atoms with E-state index in [1.807, 2.05) is 17.6 Å². The molecule has 10 heteroatoms. The number of halogens is 1. The third kappa shape index (κ3) is 5.07. The number of anilines is 3. The number of nitrogens with one attached hydrogen (secondary N) is 2. The summed E-state index contributed by atoms with van der Waals surface area (Å²) in [7, 11) is 0. The Kier molecular flexibility index (Phi) is 6.55. The molecule has 0 atom stereocenters. The quantitative estimate of drug-likeness (QED) is 0.419. The number of primary amides is 1. The highest BCUT2D eigenvalue weighted by Gasteiger charge is 2.29. The van der Waals surface area contributed by atoms with Crippen LogP contribution in [0.25, 0.3) is 11.2 Å². The Morgan fingerprint density at radius 2 is 1.86 bits per heavy atom. The van der Waals surface area contributed by atoms with Crippen molar-refractivity contribution in [1.29, 1.82) is 0 Å². The van der Waals surface area contributed by atoms with Gasteiger partial charge >= 0.3 is 0 Å². The fraction of sp³-hybridized carbons (Fsp3) is 0.520. The van der Waals surface area contributed by atoms with E-state index in [4.69, 9.17) is 15.7 Å². The molecule has 0 bridgehead atoms. The molecule has 2 saturated carbocycles. The predicted molar refractivity (Wildman–Crippen MR) is 132 cm³/mol. The average molecular weight is 482 g/mol. The van der Waals surface area contributed by atoms with Gasteiger partial charge in [-0.25, -0.2) is 14.4 Å². The number of imidazole rings is 1. The number of nitrogens with two attached hydrogens (primary N) is 1. The van der Waals surface area contributed by atoms with E-state index in [9.17, 15) is 14.3 Å². The molecule has 1 aromatic carbocycles. The Morgan fingerprint density at radius 1 is 1.11 bits per heavy atom. The van der Waals surface area contributed by atoms with Crippen molar-refractivity contribution in [2.75, 3.05) is 10.6 Å². The largest absolute Gasteiger partial charge is 0.393 e. The number of aliphatic hydroxyl groups excluding tert-OH is 1. The summed E-state index contributed by atoms with van der Waals surface area (Å²) in [5.74, 6) is 0.274. The zero-order valence-corrected chi connectivity index (χ0v) is 19.9. The molecule has 0 aliphatic heterocycles. The molecule has 5 N–H and O–H groups in total. The van der Waals surface area contributed by atoms with Crippen molar-refractivity contribution in [3.63, 3.8) is 0 Å². The van der Waals surface area contributed by atoms with Gasteiger partial charge in [0.2, 0.25) is 17.8 Å². The first-order chi connectivity index (χ1) is 16.9. The van der Waals surface area contributed by atoms with E-state index in [0.717, 1.165) is 44.1 Å². The van der Waals surface area contributed by atoms with Crippen molar-refractivity contribution in [1.82, 2.24) is 19.5 Å². The van der Waals surface area contributed by atoms with Gasteiger partial charge in [-0.1, -0.05) is 6.07 Å². The zero-order chi connectivity index (χ0) is 24.5. The number of amides is 1. The molecule has 35 heavy (non-hydrogen) atoms. The molecule has 0 spiro atoms. The van der Waals surface area contributed by atoms with E-state index in [1.165, 1.54) is 6.07 Å². The normalized spacial score (nSPS) is 24.9. The Bertz CT molecular complexity index is 1210. The molecule has 9 nitrogen and oxygen atoms in total. The maximum Gasteiger partial charge on any atom is 0.224 e. The second-order valence-electron chi connectivity index (χ2n) is 9.87. The van der Waals surface area contributed by atoms with E-state index in [0.29, 0.717) is 41.6 Å². The fourth-order valence-corrected chi connectivity index (χ4v) is 5.26. The van der Waals surface area contributed by atoms with Gasteiger partial charge in [0.1, 0.15) is 11.3 Å². The van der Waals surface area contributed by atoms with Gasteiger partial charge in [-0.2, -0.15) is 4.98 Å². The van der Waals surface area contributed by atoms with Gasteiger partial charge in [0.05, 0.1) is 18.0 Å². The van der Waals surface area contributed by atoms with Crippen LogP contribution in [0.5, 0.6) is 0 Å². The number of aromatic nitrogens is 4. The molecular formula is C25H32FN7O2. The van der Waals surface area contributed by atoms with Crippen LogP contribution < -0.4 is 16.4 Å².